The average Bonchev–Trinajstić information content (AvgIpc) is 2.54. The fourth-order valence-corrected chi connectivity index (χ4v) is 3.36. The number of methoxy groups -OCH3 is 1. The molecule has 0 unspecified atom stereocenters. The third-order valence-corrected chi connectivity index (χ3v) is 4.75. The molecule has 0 heterocycles. The van der Waals surface area contributed by atoms with Gasteiger partial charge in [-0.2, -0.15) is 0 Å². The van der Waals surface area contributed by atoms with Crippen LogP contribution in [0.25, 0.3) is 0 Å². The summed E-state index contributed by atoms with van der Waals surface area (Å²) in [5.74, 6) is -0.736. The van der Waals surface area contributed by atoms with E-state index in [1.807, 2.05) is 0 Å². The quantitative estimate of drug-likeness (QED) is 0.787. The molecule has 0 atom stereocenters. The Morgan fingerprint density at radius 3 is 2.38 bits per heavy atom. The number of hydrogen-bond donors (Lipinski definition) is 1. The van der Waals surface area contributed by atoms with Crippen molar-refractivity contribution in [1.82, 2.24) is 0 Å². The highest BCUT2D eigenvalue weighted by atomic mass is 35.5. The van der Waals surface area contributed by atoms with Crippen LogP contribution in [0, 0.1) is 0 Å². The molecule has 0 aliphatic heterocycles. The number of carbonyl (C=O) groups is 1. The minimum atomic E-state index is -3.92. The fraction of sp³-hybridized carbons (Fsp3) is 0.133. The minimum absolute atomic E-state index is 0.0530. The lowest BCUT2D eigenvalue weighted by Crippen LogP contribution is -2.28. The summed E-state index contributed by atoms with van der Waals surface area (Å²) in [6.45, 7) is -0.593. The largest absolute Gasteiger partial charge is 0.546 e. The Balaban J connectivity index is 2.19. The molecule has 9 heteroatoms. The number of nitrogens with one attached hydrogen (secondary N) is 1. The lowest BCUT2D eigenvalue weighted by atomic mass is 10.3. The van der Waals surface area contributed by atoms with Crippen molar-refractivity contribution in [3.05, 3.63) is 47.5 Å². The van der Waals surface area contributed by atoms with Gasteiger partial charge in [-0.25, -0.2) is 8.42 Å². The molecule has 0 aliphatic carbocycles. The van der Waals surface area contributed by atoms with E-state index in [-0.39, 0.29) is 21.4 Å². The molecule has 0 bridgehead atoms. The highest BCUT2D eigenvalue weighted by Gasteiger charge is 2.19. The van der Waals surface area contributed by atoms with Crippen LogP contribution in [0.1, 0.15) is 0 Å². The molecule has 0 radical (unpaired) electrons. The SMILES string of the molecule is COc1ccc(Cl)c(S(=O)(=O)Nc2ccc(OCC(=O)[O-])cc2)c1. The molecule has 128 valence electrons. The van der Waals surface area contributed by atoms with E-state index in [0.717, 1.165) is 0 Å². The van der Waals surface area contributed by atoms with Crippen LogP contribution < -0.4 is 19.3 Å². The van der Waals surface area contributed by atoms with Gasteiger partial charge in [0.15, 0.2) is 0 Å². The van der Waals surface area contributed by atoms with Gasteiger partial charge in [0.2, 0.25) is 0 Å². The summed E-state index contributed by atoms with van der Waals surface area (Å²) in [7, 11) is -2.51. The van der Waals surface area contributed by atoms with E-state index in [1.165, 1.54) is 43.5 Å². The normalized spacial score (nSPS) is 10.9. The molecule has 0 fully saturated rings. The Morgan fingerprint density at radius 1 is 1.17 bits per heavy atom. The highest BCUT2D eigenvalue weighted by molar-refractivity contribution is 7.92. The molecule has 2 aromatic rings. The number of benzene rings is 2. The standard InChI is InChI=1S/C15H14ClNO6S/c1-22-12-6-7-13(16)14(8-12)24(20,21)17-10-2-4-11(5-3-10)23-9-15(18)19/h2-8,17H,9H2,1H3,(H,18,19)/p-1. The van der Waals surface area contributed by atoms with Crippen LogP contribution in [0.4, 0.5) is 5.69 Å². The lowest BCUT2D eigenvalue weighted by molar-refractivity contribution is -0.307. The van der Waals surface area contributed by atoms with Crippen molar-refractivity contribution in [2.24, 2.45) is 0 Å². The van der Waals surface area contributed by atoms with Gasteiger partial charge in [-0.3, -0.25) is 4.72 Å². The first kappa shape index (κ1) is 17.9. The first-order valence-electron chi connectivity index (χ1n) is 6.61. The summed E-state index contributed by atoms with van der Waals surface area (Å²) in [4.78, 5) is 10.2. The number of anilines is 1. The lowest BCUT2D eigenvalue weighted by Gasteiger charge is -2.12. The average molecular weight is 371 g/mol. The van der Waals surface area contributed by atoms with Crippen LogP contribution in [0.2, 0.25) is 5.02 Å². The summed E-state index contributed by atoms with van der Waals surface area (Å²) in [5.41, 5.74) is 0.259. The number of carboxylic acid groups (broad SMARTS) is 1. The highest BCUT2D eigenvalue weighted by Crippen LogP contribution is 2.28. The number of carboxylic acids is 1. The summed E-state index contributed by atoms with van der Waals surface area (Å²) < 4.78 is 37.1. The van der Waals surface area contributed by atoms with Crippen molar-refractivity contribution >= 4 is 33.3 Å². The number of hydrogen-bond acceptors (Lipinski definition) is 6. The van der Waals surface area contributed by atoms with E-state index in [2.05, 4.69) is 4.72 Å². The van der Waals surface area contributed by atoms with E-state index in [9.17, 15) is 18.3 Å². The van der Waals surface area contributed by atoms with Gasteiger partial charge >= 0.3 is 0 Å². The Hall–Kier alpha value is -2.45. The predicted octanol–water partition coefficient (Wildman–Crippen LogP) is 1.28. The van der Waals surface area contributed by atoms with Crippen LogP contribution >= 0.6 is 11.6 Å². The van der Waals surface area contributed by atoms with Gasteiger partial charge in [0.25, 0.3) is 10.0 Å². The molecule has 2 aromatic carbocycles. The molecule has 0 saturated carbocycles. The van der Waals surface area contributed by atoms with Crippen LogP contribution in [0.5, 0.6) is 11.5 Å². The Bertz CT molecular complexity index is 836. The summed E-state index contributed by atoms with van der Waals surface area (Å²) in [6, 6.07) is 9.98. The zero-order chi connectivity index (χ0) is 17.7. The molecule has 0 amide bonds. The molecular weight excluding hydrogens is 358 g/mol. The molecule has 0 aromatic heterocycles. The van der Waals surface area contributed by atoms with Crippen molar-refractivity contribution in [3.8, 4) is 11.5 Å². The molecule has 0 saturated heterocycles. The second-order valence-corrected chi connectivity index (χ2v) is 6.64. The number of rotatable bonds is 7. The summed E-state index contributed by atoms with van der Waals surface area (Å²) in [5, 5.41) is 10.4. The van der Waals surface area contributed by atoms with Crippen LogP contribution in [0.15, 0.2) is 47.4 Å². The van der Waals surface area contributed by atoms with E-state index in [1.54, 1.807) is 6.07 Å². The number of carbonyl (C=O) groups excluding carboxylic acids is 1. The summed E-state index contributed by atoms with van der Waals surface area (Å²) >= 11 is 5.94. The van der Waals surface area contributed by atoms with Gasteiger partial charge in [0.1, 0.15) is 23.0 Å². The Labute approximate surface area is 143 Å². The van der Waals surface area contributed by atoms with Crippen LogP contribution in [-0.2, 0) is 14.8 Å². The second-order valence-electron chi connectivity index (χ2n) is 4.59. The van der Waals surface area contributed by atoms with Crippen molar-refractivity contribution in [2.45, 2.75) is 4.90 Å². The number of ether oxygens (including phenoxy) is 2. The zero-order valence-electron chi connectivity index (χ0n) is 12.5. The summed E-state index contributed by atoms with van der Waals surface area (Å²) in [6.07, 6.45) is 0. The maximum Gasteiger partial charge on any atom is 0.263 e. The van der Waals surface area contributed by atoms with Crippen molar-refractivity contribution in [3.63, 3.8) is 0 Å². The van der Waals surface area contributed by atoms with Crippen molar-refractivity contribution in [2.75, 3.05) is 18.4 Å². The van der Waals surface area contributed by atoms with Crippen molar-refractivity contribution < 1.29 is 27.8 Å². The van der Waals surface area contributed by atoms with Crippen LogP contribution in [-0.4, -0.2) is 28.1 Å². The Kier molecular flexibility index (Phi) is 5.53. The second kappa shape index (κ2) is 7.41. The van der Waals surface area contributed by atoms with E-state index >= 15 is 0 Å². The van der Waals surface area contributed by atoms with E-state index in [4.69, 9.17) is 21.1 Å². The van der Waals surface area contributed by atoms with Gasteiger partial charge in [-0.15, -0.1) is 0 Å². The predicted molar refractivity (Wildman–Crippen MR) is 85.8 cm³/mol. The zero-order valence-corrected chi connectivity index (χ0v) is 14.1. The number of sulfonamides is 1. The third-order valence-electron chi connectivity index (χ3n) is 2.89. The topological polar surface area (TPSA) is 105 Å². The molecule has 2 rings (SSSR count). The fourth-order valence-electron chi connectivity index (χ4n) is 1.79. The maximum atomic E-state index is 12.4. The monoisotopic (exact) mass is 370 g/mol. The first-order chi connectivity index (χ1) is 11.3. The first-order valence-corrected chi connectivity index (χ1v) is 8.47. The number of aliphatic carboxylic acids is 1. The van der Waals surface area contributed by atoms with Gasteiger partial charge in [-0.1, -0.05) is 11.6 Å². The molecule has 0 spiro atoms. The molecule has 24 heavy (non-hydrogen) atoms. The van der Waals surface area contributed by atoms with Gasteiger partial charge in [0.05, 0.1) is 18.1 Å². The molecular formula is C15H13ClNO6S-. The third kappa shape index (κ3) is 4.53. The smallest absolute Gasteiger partial charge is 0.263 e. The Morgan fingerprint density at radius 2 is 1.79 bits per heavy atom. The van der Waals surface area contributed by atoms with E-state index in [0.29, 0.717) is 5.75 Å². The minimum Gasteiger partial charge on any atom is -0.546 e. The molecule has 1 N–H and O–H groups in total. The van der Waals surface area contributed by atoms with Crippen LogP contribution in [0.3, 0.4) is 0 Å². The van der Waals surface area contributed by atoms with Gasteiger partial charge < -0.3 is 19.4 Å². The molecule has 7 nitrogen and oxygen atoms in total. The van der Waals surface area contributed by atoms with E-state index < -0.39 is 22.6 Å². The maximum absolute atomic E-state index is 12.4. The number of halogens is 1. The van der Waals surface area contributed by atoms with Gasteiger partial charge in [0, 0.05) is 11.8 Å². The van der Waals surface area contributed by atoms with Crippen molar-refractivity contribution in [1.29, 1.82) is 0 Å². The van der Waals surface area contributed by atoms with Gasteiger partial charge in [-0.05, 0) is 36.4 Å². The molecule has 0 aliphatic rings.